The second kappa shape index (κ2) is 3.69. The maximum atomic E-state index is 6.05. The maximum Gasteiger partial charge on any atom is 0.0459 e. The summed E-state index contributed by atoms with van der Waals surface area (Å²) in [5.74, 6) is 0. The number of anilines is 1. The SMILES string of the molecule is Clc1ccc2c(c1)-c1ccccc1NC=C2. The van der Waals surface area contributed by atoms with Crippen LogP contribution in [0.3, 0.4) is 0 Å². The Hall–Kier alpha value is -1.73. The first-order chi connectivity index (χ1) is 7.84. The van der Waals surface area contributed by atoms with E-state index in [0.717, 1.165) is 10.7 Å². The van der Waals surface area contributed by atoms with E-state index < -0.39 is 0 Å². The molecule has 0 spiro atoms. The molecule has 78 valence electrons. The third kappa shape index (κ3) is 1.50. The highest BCUT2D eigenvalue weighted by Gasteiger charge is 2.10. The highest BCUT2D eigenvalue weighted by atomic mass is 35.5. The first kappa shape index (κ1) is 9.49. The van der Waals surface area contributed by atoms with Gasteiger partial charge in [-0.1, -0.05) is 35.9 Å². The molecule has 2 aromatic rings. The van der Waals surface area contributed by atoms with E-state index >= 15 is 0 Å². The third-order valence-electron chi connectivity index (χ3n) is 2.73. The molecule has 0 atom stereocenters. The molecule has 0 saturated carbocycles. The number of halogens is 1. The van der Waals surface area contributed by atoms with E-state index in [2.05, 4.69) is 23.5 Å². The number of benzene rings is 2. The average Bonchev–Trinajstić information content (AvgIpc) is 2.48. The fraction of sp³-hybridized carbons (Fsp3) is 0. The van der Waals surface area contributed by atoms with Gasteiger partial charge in [0.1, 0.15) is 0 Å². The largest absolute Gasteiger partial charge is 0.361 e. The van der Waals surface area contributed by atoms with E-state index in [1.165, 1.54) is 16.7 Å². The topological polar surface area (TPSA) is 12.0 Å². The van der Waals surface area contributed by atoms with Crippen molar-refractivity contribution in [2.45, 2.75) is 0 Å². The van der Waals surface area contributed by atoms with Gasteiger partial charge in [0.25, 0.3) is 0 Å². The summed E-state index contributed by atoms with van der Waals surface area (Å²) in [4.78, 5) is 0. The minimum atomic E-state index is 0.767. The molecule has 0 aromatic heterocycles. The molecule has 1 aliphatic rings. The summed E-state index contributed by atoms with van der Waals surface area (Å²) in [7, 11) is 0. The van der Waals surface area contributed by atoms with Crippen LogP contribution in [0.2, 0.25) is 5.02 Å². The summed E-state index contributed by atoms with van der Waals surface area (Å²) in [6.07, 6.45) is 4.02. The molecule has 0 aliphatic carbocycles. The lowest BCUT2D eigenvalue weighted by molar-refractivity contribution is 1.58. The lowest BCUT2D eigenvalue weighted by Gasteiger charge is -2.09. The molecule has 0 fully saturated rings. The fourth-order valence-electron chi connectivity index (χ4n) is 1.97. The summed E-state index contributed by atoms with van der Waals surface area (Å²) in [5.41, 5.74) is 4.65. The predicted molar refractivity (Wildman–Crippen MR) is 69.5 cm³/mol. The van der Waals surface area contributed by atoms with Gasteiger partial charge in [-0.05, 0) is 35.4 Å². The van der Waals surface area contributed by atoms with Gasteiger partial charge in [0.05, 0.1) is 0 Å². The van der Waals surface area contributed by atoms with Gasteiger partial charge in [0.15, 0.2) is 0 Å². The molecule has 0 saturated heterocycles. The van der Waals surface area contributed by atoms with Crippen LogP contribution in [0, 0.1) is 0 Å². The van der Waals surface area contributed by atoms with Crippen molar-refractivity contribution in [2.24, 2.45) is 0 Å². The second-order valence-corrected chi connectivity index (χ2v) is 4.19. The van der Waals surface area contributed by atoms with Gasteiger partial charge in [0, 0.05) is 22.5 Å². The van der Waals surface area contributed by atoms with Crippen LogP contribution in [-0.2, 0) is 0 Å². The Bertz CT molecular complexity index is 573. The molecule has 2 heteroatoms. The smallest absolute Gasteiger partial charge is 0.0459 e. The molecule has 0 radical (unpaired) electrons. The van der Waals surface area contributed by atoms with Gasteiger partial charge in [-0.25, -0.2) is 0 Å². The molecule has 0 unspecified atom stereocenters. The molecular weight excluding hydrogens is 218 g/mol. The molecule has 16 heavy (non-hydrogen) atoms. The van der Waals surface area contributed by atoms with E-state index in [1.807, 2.05) is 36.5 Å². The summed E-state index contributed by atoms with van der Waals surface area (Å²) >= 11 is 6.05. The summed E-state index contributed by atoms with van der Waals surface area (Å²) in [6, 6.07) is 14.2. The van der Waals surface area contributed by atoms with Crippen molar-refractivity contribution < 1.29 is 0 Å². The van der Waals surface area contributed by atoms with Crippen LogP contribution < -0.4 is 5.32 Å². The van der Waals surface area contributed by atoms with Crippen molar-refractivity contribution in [3.8, 4) is 11.1 Å². The van der Waals surface area contributed by atoms with Gasteiger partial charge in [0.2, 0.25) is 0 Å². The van der Waals surface area contributed by atoms with Crippen LogP contribution >= 0.6 is 11.6 Å². The lowest BCUT2D eigenvalue weighted by atomic mass is 9.99. The minimum Gasteiger partial charge on any atom is -0.361 e. The molecule has 2 aromatic carbocycles. The zero-order chi connectivity index (χ0) is 11.0. The number of para-hydroxylation sites is 1. The first-order valence-electron chi connectivity index (χ1n) is 5.17. The molecule has 1 aliphatic heterocycles. The number of hydrogen-bond acceptors (Lipinski definition) is 1. The Kier molecular flexibility index (Phi) is 2.19. The second-order valence-electron chi connectivity index (χ2n) is 3.75. The van der Waals surface area contributed by atoms with Crippen molar-refractivity contribution in [2.75, 3.05) is 5.32 Å². The van der Waals surface area contributed by atoms with Crippen LogP contribution in [0.15, 0.2) is 48.7 Å². The van der Waals surface area contributed by atoms with E-state index in [9.17, 15) is 0 Å². The normalized spacial score (nSPS) is 12.3. The zero-order valence-electron chi connectivity index (χ0n) is 8.57. The summed E-state index contributed by atoms with van der Waals surface area (Å²) in [5, 5.41) is 4.04. The van der Waals surface area contributed by atoms with Crippen molar-refractivity contribution in [1.29, 1.82) is 0 Å². The third-order valence-corrected chi connectivity index (χ3v) is 2.97. The van der Waals surface area contributed by atoms with Crippen molar-refractivity contribution in [3.63, 3.8) is 0 Å². The molecular formula is C14H10ClN. The van der Waals surface area contributed by atoms with Gasteiger partial charge >= 0.3 is 0 Å². The molecule has 1 N–H and O–H groups in total. The lowest BCUT2D eigenvalue weighted by Crippen LogP contribution is -1.88. The Morgan fingerprint density at radius 1 is 0.938 bits per heavy atom. The summed E-state index contributed by atoms with van der Waals surface area (Å²) < 4.78 is 0. The Labute approximate surface area is 99.4 Å². The van der Waals surface area contributed by atoms with Crippen molar-refractivity contribution in [3.05, 3.63) is 59.3 Å². The van der Waals surface area contributed by atoms with E-state index in [1.54, 1.807) is 0 Å². The van der Waals surface area contributed by atoms with Crippen LogP contribution in [0.1, 0.15) is 5.56 Å². The molecule has 0 bridgehead atoms. The van der Waals surface area contributed by atoms with Gasteiger partial charge in [-0.3, -0.25) is 0 Å². The fourth-order valence-corrected chi connectivity index (χ4v) is 2.14. The van der Waals surface area contributed by atoms with Crippen molar-refractivity contribution in [1.82, 2.24) is 0 Å². The zero-order valence-corrected chi connectivity index (χ0v) is 9.33. The van der Waals surface area contributed by atoms with E-state index in [0.29, 0.717) is 0 Å². The average molecular weight is 228 g/mol. The summed E-state index contributed by atoms with van der Waals surface area (Å²) in [6.45, 7) is 0. The van der Waals surface area contributed by atoms with Gasteiger partial charge < -0.3 is 5.32 Å². The highest BCUT2D eigenvalue weighted by molar-refractivity contribution is 6.31. The van der Waals surface area contributed by atoms with E-state index in [4.69, 9.17) is 11.6 Å². The first-order valence-corrected chi connectivity index (χ1v) is 5.54. The standard InChI is InChI=1S/C14H10ClN/c15-11-6-5-10-7-8-16-14-4-2-1-3-12(14)13(10)9-11/h1-9,16H. The number of rotatable bonds is 0. The monoisotopic (exact) mass is 227 g/mol. The highest BCUT2D eigenvalue weighted by Crippen LogP contribution is 2.35. The van der Waals surface area contributed by atoms with E-state index in [-0.39, 0.29) is 0 Å². The van der Waals surface area contributed by atoms with Gasteiger partial charge in [-0.15, -0.1) is 0 Å². The number of hydrogen-bond donors (Lipinski definition) is 1. The Morgan fingerprint density at radius 2 is 1.81 bits per heavy atom. The minimum absolute atomic E-state index is 0.767. The van der Waals surface area contributed by atoms with Crippen molar-refractivity contribution >= 4 is 23.4 Å². The van der Waals surface area contributed by atoms with Crippen LogP contribution in [0.4, 0.5) is 5.69 Å². The quantitative estimate of drug-likeness (QED) is 0.703. The Balaban J connectivity index is 2.33. The molecule has 1 nitrogen and oxygen atoms in total. The molecule has 0 amide bonds. The maximum absolute atomic E-state index is 6.05. The number of nitrogens with one attached hydrogen (secondary N) is 1. The van der Waals surface area contributed by atoms with Crippen LogP contribution in [0.25, 0.3) is 17.2 Å². The molecule has 3 rings (SSSR count). The van der Waals surface area contributed by atoms with Crippen LogP contribution in [-0.4, -0.2) is 0 Å². The van der Waals surface area contributed by atoms with Crippen LogP contribution in [0.5, 0.6) is 0 Å². The van der Waals surface area contributed by atoms with Gasteiger partial charge in [-0.2, -0.15) is 0 Å². The predicted octanol–water partition coefficient (Wildman–Crippen LogP) is 4.40. The number of fused-ring (bicyclic) bond motifs is 3. The Morgan fingerprint density at radius 3 is 2.75 bits per heavy atom. The molecule has 1 heterocycles.